The molecule has 0 fully saturated rings. The standard InChI is InChI=1S/C14H18S2/c1-9(2)11-5-13(15-7-11)14-6-12(8-16-14)10(3)4/h5-10H,1-4H3. The maximum atomic E-state index is 2.34. The lowest BCUT2D eigenvalue weighted by molar-refractivity contribution is 0.871. The summed E-state index contributed by atoms with van der Waals surface area (Å²) in [6.45, 7) is 9.00. The zero-order valence-corrected chi connectivity index (χ0v) is 11.9. The SMILES string of the molecule is CC(C)c1csc(-c2cc(C(C)C)cs2)c1. The first-order valence-corrected chi connectivity index (χ1v) is 7.51. The molecular formula is C14H18S2. The number of rotatable bonds is 3. The van der Waals surface area contributed by atoms with Crippen LogP contribution in [-0.4, -0.2) is 0 Å². The number of thiophene rings is 2. The van der Waals surface area contributed by atoms with E-state index in [0.29, 0.717) is 11.8 Å². The van der Waals surface area contributed by atoms with Gasteiger partial charge in [0, 0.05) is 9.75 Å². The van der Waals surface area contributed by atoms with E-state index in [1.165, 1.54) is 20.9 Å². The molecule has 2 heteroatoms. The molecule has 0 bridgehead atoms. The van der Waals surface area contributed by atoms with Gasteiger partial charge in [-0.25, -0.2) is 0 Å². The van der Waals surface area contributed by atoms with E-state index in [-0.39, 0.29) is 0 Å². The van der Waals surface area contributed by atoms with Gasteiger partial charge >= 0.3 is 0 Å². The summed E-state index contributed by atoms with van der Waals surface area (Å²) in [5.74, 6) is 1.27. The van der Waals surface area contributed by atoms with Crippen LogP contribution in [-0.2, 0) is 0 Å². The summed E-state index contributed by atoms with van der Waals surface area (Å²) in [7, 11) is 0. The monoisotopic (exact) mass is 250 g/mol. The predicted octanol–water partition coefficient (Wildman–Crippen LogP) is 5.72. The van der Waals surface area contributed by atoms with Crippen molar-refractivity contribution in [2.75, 3.05) is 0 Å². The van der Waals surface area contributed by atoms with Crippen LogP contribution in [0.4, 0.5) is 0 Å². The normalized spacial score (nSPS) is 11.6. The zero-order valence-electron chi connectivity index (χ0n) is 10.3. The third kappa shape index (κ3) is 2.38. The lowest BCUT2D eigenvalue weighted by atomic mass is 10.1. The summed E-state index contributed by atoms with van der Waals surface area (Å²) in [5, 5.41) is 4.57. The van der Waals surface area contributed by atoms with Crippen molar-refractivity contribution in [3.05, 3.63) is 34.0 Å². The molecule has 0 nitrogen and oxygen atoms in total. The van der Waals surface area contributed by atoms with Crippen molar-refractivity contribution in [1.29, 1.82) is 0 Å². The summed E-state index contributed by atoms with van der Waals surface area (Å²) < 4.78 is 0. The van der Waals surface area contributed by atoms with Crippen molar-refractivity contribution < 1.29 is 0 Å². The Bertz CT molecular complexity index is 416. The Morgan fingerprint density at radius 1 is 0.750 bits per heavy atom. The van der Waals surface area contributed by atoms with Crippen molar-refractivity contribution in [3.63, 3.8) is 0 Å². The highest BCUT2D eigenvalue weighted by Crippen LogP contribution is 2.36. The molecule has 0 unspecified atom stereocenters. The van der Waals surface area contributed by atoms with E-state index < -0.39 is 0 Å². The van der Waals surface area contributed by atoms with Gasteiger partial charge in [-0.2, -0.15) is 0 Å². The van der Waals surface area contributed by atoms with Crippen LogP contribution in [0.1, 0.15) is 50.7 Å². The predicted molar refractivity (Wildman–Crippen MR) is 75.8 cm³/mol. The van der Waals surface area contributed by atoms with Gasteiger partial charge in [-0.1, -0.05) is 27.7 Å². The average Bonchev–Trinajstić information content (AvgIpc) is 2.86. The Balaban J connectivity index is 2.28. The van der Waals surface area contributed by atoms with E-state index in [2.05, 4.69) is 50.6 Å². The summed E-state index contributed by atoms with van der Waals surface area (Å²) in [6, 6.07) is 4.68. The largest absolute Gasteiger partial charge is 0.143 e. The van der Waals surface area contributed by atoms with Crippen molar-refractivity contribution in [1.82, 2.24) is 0 Å². The molecule has 2 rings (SSSR count). The molecule has 0 aliphatic heterocycles. The summed E-state index contributed by atoms with van der Waals surface area (Å²) >= 11 is 3.73. The molecule has 0 atom stereocenters. The maximum absolute atomic E-state index is 2.34. The highest BCUT2D eigenvalue weighted by Gasteiger charge is 2.09. The second-order valence-corrected chi connectivity index (χ2v) is 6.62. The minimum absolute atomic E-state index is 0.634. The molecule has 0 saturated heterocycles. The Kier molecular flexibility index (Phi) is 3.50. The van der Waals surface area contributed by atoms with E-state index in [0.717, 1.165) is 0 Å². The third-order valence-corrected chi connectivity index (χ3v) is 4.91. The van der Waals surface area contributed by atoms with Gasteiger partial charge in [-0.15, -0.1) is 22.7 Å². The molecule has 2 aromatic rings. The van der Waals surface area contributed by atoms with Crippen LogP contribution >= 0.6 is 22.7 Å². The summed E-state index contributed by atoms with van der Waals surface area (Å²) in [4.78, 5) is 2.83. The lowest BCUT2D eigenvalue weighted by Crippen LogP contribution is -1.81. The van der Waals surface area contributed by atoms with Crippen LogP contribution in [0.5, 0.6) is 0 Å². The second-order valence-electron chi connectivity index (χ2n) is 4.80. The van der Waals surface area contributed by atoms with Gasteiger partial charge < -0.3 is 0 Å². The molecule has 0 aliphatic rings. The molecule has 16 heavy (non-hydrogen) atoms. The second kappa shape index (κ2) is 4.72. The van der Waals surface area contributed by atoms with Crippen molar-refractivity contribution in [3.8, 4) is 9.75 Å². The Labute approximate surface area is 106 Å². The first-order chi connectivity index (χ1) is 7.58. The van der Waals surface area contributed by atoms with E-state index in [4.69, 9.17) is 0 Å². The van der Waals surface area contributed by atoms with Gasteiger partial charge in [0.15, 0.2) is 0 Å². The molecule has 0 saturated carbocycles. The molecule has 2 heterocycles. The molecule has 0 aromatic carbocycles. The van der Waals surface area contributed by atoms with Crippen LogP contribution in [0, 0.1) is 0 Å². The first kappa shape index (κ1) is 11.9. The van der Waals surface area contributed by atoms with Gasteiger partial charge in [0.25, 0.3) is 0 Å². The summed E-state index contributed by atoms with van der Waals surface area (Å²) in [6.07, 6.45) is 0. The van der Waals surface area contributed by atoms with Crippen LogP contribution < -0.4 is 0 Å². The molecule has 0 spiro atoms. The van der Waals surface area contributed by atoms with Gasteiger partial charge in [0.2, 0.25) is 0 Å². The van der Waals surface area contributed by atoms with E-state index in [1.807, 2.05) is 22.7 Å². The van der Waals surface area contributed by atoms with Crippen LogP contribution in [0.25, 0.3) is 9.75 Å². The third-order valence-electron chi connectivity index (χ3n) is 2.82. The molecule has 0 amide bonds. The fraction of sp³-hybridized carbons (Fsp3) is 0.429. The van der Waals surface area contributed by atoms with Crippen molar-refractivity contribution in [2.45, 2.75) is 39.5 Å². The molecule has 0 aliphatic carbocycles. The minimum atomic E-state index is 0.634. The van der Waals surface area contributed by atoms with Gasteiger partial charge in [-0.3, -0.25) is 0 Å². The quantitative estimate of drug-likeness (QED) is 0.653. The smallest absolute Gasteiger partial charge is 0.0445 e. The minimum Gasteiger partial charge on any atom is -0.143 e. The van der Waals surface area contributed by atoms with Gasteiger partial charge in [0.1, 0.15) is 0 Å². The molecule has 2 aromatic heterocycles. The van der Waals surface area contributed by atoms with Crippen LogP contribution in [0.2, 0.25) is 0 Å². The van der Waals surface area contributed by atoms with Gasteiger partial charge in [0.05, 0.1) is 0 Å². The van der Waals surface area contributed by atoms with Crippen molar-refractivity contribution >= 4 is 22.7 Å². The first-order valence-electron chi connectivity index (χ1n) is 5.75. The Morgan fingerprint density at radius 2 is 1.12 bits per heavy atom. The van der Waals surface area contributed by atoms with E-state index in [1.54, 1.807) is 0 Å². The topological polar surface area (TPSA) is 0 Å². The van der Waals surface area contributed by atoms with E-state index >= 15 is 0 Å². The Hall–Kier alpha value is -0.600. The average molecular weight is 250 g/mol. The molecule has 0 N–H and O–H groups in total. The number of hydrogen-bond acceptors (Lipinski definition) is 2. The fourth-order valence-electron chi connectivity index (χ4n) is 1.57. The lowest BCUT2D eigenvalue weighted by Gasteiger charge is -1.98. The fourth-order valence-corrected chi connectivity index (χ4v) is 3.82. The zero-order chi connectivity index (χ0) is 11.7. The molecule has 86 valence electrons. The molecule has 0 radical (unpaired) electrons. The van der Waals surface area contributed by atoms with Gasteiger partial charge in [-0.05, 0) is 45.9 Å². The van der Waals surface area contributed by atoms with Crippen LogP contribution in [0.3, 0.4) is 0 Å². The van der Waals surface area contributed by atoms with E-state index in [9.17, 15) is 0 Å². The van der Waals surface area contributed by atoms with Crippen LogP contribution in [0.15, 0.2) is 22.9 Å². The summed E-state index contributed by atoms with van der Waals surface area (Å²) in [5.41, 5.74) is 2.92. The van der Waals surface area contributed by atoms with Crippen molar-refractivity contribution in [2.24, 2.45) is 0 Å². The highest BCUT2D eigenvalue weighted by atomic mass is 32.1. The number of hydrogen-bond donors (Lipinski definition) is 0. The molecular weight excluding hydrogens is 232 g/mol. The Morgan fingerprint density at radius 3 is 1.38 bits per heavy atom. The maximum Gasteiger partial charge on any atom is 0.0445 e. The highest BCUT2D eigenvalue weighted by molar-refractivity contribution is 7.20.